The Labute approximate surface area is 96.6 Å². The van der Waals surface area contributed by atoms with Crippen LogP contribution in [-0.4, -0.2) is 13.7 Å². The van der Waals surface area contributed by atoms with Gasteiger partial charge in [0.15, 0.2) is 0 Å². The zero-order valence-electron chi connectivity index (χ0n) is 11.5. The summed E-state index contributed by atoms with van der Waals surface area (Å²) < 4.78 is 5.24. The van der Waals surface area contributed by atoms with Crippen molar-refractivity contribution in [2.24, 2.45) is 23.7 Å². The van der Waals surface area contributed by atoms with Gasteiger partial charge in [0.25, 0.3) is 0 Å². The highest BCUT2D eigenvalue weighted by molar-refractivity contribution is 4.80. The summed E-state index contributed by atoms with van der Waals surface area (Å²) in [4.78, 5) is 0. The molecular formula is C14H30O. The second kappa shape index (κ2) is 8.15. The van der Waals surface area contributed by atoms with E-state index in [0.29, 0.717) is 0 Å². The van der Waals surface area contributed by atoms with E-state index in [1.165, 1.54) is 19.3 Å². The maximum absolute atomic E-state index is 5.24. The Morgan fingerprint density at radius 2 is 1.53 bits per heavy atom. The summed E-state index contributed by atoms with van der Waals surface area (Å²) >= 11 is 0. The lowest BCUT2D eigenvalue weighted by Crippen LogP contribution is -2.32. The molecular weight excluding hydrogens is 184 g/mol. The molecule has 0 radical (unpaired) electrons. The predicted octanol–water partition coefficient (Wildman–Crippen LogP) is 4.37. The molecule has 92 valence electrons. The Hall–Kier alpha value is -0.0400. The van der Waals surface area contributed by atoms with Gasteiger partial charge >= 0.3 is 0 Å². The van der Waals surface area contributed by atoms with Gasteiger partial charge in [0.2, 0.25) is 0 Å². The van der Waals surface area contributed by atoms with E-state index in [2.05, 4.69) is 34.6 Å². The predicted molar refractivity (Wildman–Crippen MR) is 68.1 cm³/mol. The van der Waals surface area contributed by atoms with Gasteiger partial charge in [0.05, 0.1) is 0 Å². The van der Waals surface area contributed by atoms with Gasteiger partial charge in [-0.25, -0.2) is 0 Å². The van der Waals surface area contributed by atoms with Crippen LogP contribution in [0, 0.1) is 23.7 Å². The van der Waals surface area contributed by atoms with E-state index in [9.17, 15) is 0 Å². The molecule has 0 spiro atoms. The lowest BCUT2D eigenvalue weighted by Gasteiger charge is -2.38. The molecule has 0 bridgehead atoms. The maximum Gasteiger partial charge on any atom is 0.0493 e. The van der Waals surface area contributed by atoms with Crippen LogP contribution in [0.5, 0.6) is 0 Å². The van der Waals surface area contributed by atoms with Crippen molar-refractivity contribution >= 4 is 0 Å². The molecule has 0 aliphatic heterocycles. The summed E-state index contributed by atoms with van der Waals surface area (Å²) in [5.74, 6) is 3.43. The molecule has 1 rings (SSSR count). The van der Waals surface area contributed by atoms with E-state index in [4.69, 9.17) is 4.74 Å². The summed E-state index contributed by atoms with van der Waals surface area (Å²) in [6.45, 7) is 12.4. The Balaban J connectivity index is 0.000000583. The molecule has 1 heteroatoms. The lowest BCUT2D eigenvalue weighted by atomic mass is 9.69. The average Bonchev–Trinajstić information content (AvgIpc) is 2.21. The SMILES string of the molecule is CCC.COCC1CCC(C)C(C)C1C. The van der Waals surface area contributed by atoms with Gasteiger partial charge in [0.1, 0.15) is 0 Å². The fraction of sp³-hybridized carbons (Fsp3) is 1.00. The van der Waals surface area contributed by atoms with Crippen LogP contribution in [0.15, 0.2) is 0 Å². The van der Waals surface area contributed by atoms with Gasteiger partial charge < -0.3 is 4.74 Å². The first-order chi connectivity index (χ1) is 7.08. The van der Waals surface area contributed by atoms with Crippen molar-refractivity contribution in [1.82, 2.24) is 0 Å². The van der Waals surface area contributed by atoms with Gasteiger partial charge in [-0.15, -0.1) is 0 Å². The van der Waals surface area contributed by atoms with Gasteiger partial charge in [-0.05, 0) is 30.1 Å². The van der Waals surface area contributed by atoms with E-state index in [0.717, 1.165) is 30.3 Å². The van der Waals surface area contributed by atoms with E-state index in [1.54, 1.807) is 0 Å². The summed E-state index contributed by atoms with van der Waals surface area (Å²) in [5, 5.41) is 0. The molecule has 1 aliphatic rings. The highest BCUT2D eigenvalue weighted by atomic mass is 16.5. The van der Waals surface area contributed by atoms with Crippen molar-refractivity contribution in [2.75, 3.05) is 13.7 Å². The van der Waals surface area contributed by atoms with Gasteiger partial charge in [-0.3, -0.25) is 0 Å². The van der Waals surface area contributed by atoms with Crippen LogP contribution >= 0.6 is 0 Å². The van der Waals surface area contributed by atoms with Crippen LogP contribution in [0.2, 0.25) is 0 Å². The van der Waals surface area contributed by atoms with Crippen molar-refractivity contribution in [2.45, 2.75) is 53.9 Å². The van der Waals surface area contributed by atoms with E-state index in [1.807, 2.05) is 7.11 Å². The number of hydrogen-bond donors (Lipinski definition) is 0. The molecule has 0 heterocycles. The molecule has 15 heavy (non-hydrogen) atoms. The minimum absolute atomic E-state index is 0.807. The van der Waals surface area contributed by atoms with Crippen LogP contribution in [-0.2, 0) is 4.74 Å². The molecule has 0 N–H and O–H groups in total. The normalized spacial score (nSPS) is 35.6. The zero-order chi connectivity index (χ0) is 11.8. The highest BCUT2D eigenvalue weighted by Gasteiger charge is 2.31. The first-order valence-electron chi connectivity index (χ1n) is 6.57. The van der Waals surface area contributed by atoms with Crippen LogP contribution in [0.3, 0.4) is 0 Å². The largest absolute Gasteiger partial charge is 0.384 e. The Kier molecular flexibility index (Phi) is 8.13. The van der Waals surface area contributed by atoms with Gasteiger partial charge in [0, 0.05) is 13.7 Å². The van der Waals surface area contributed by atoms with Crippen molar-refractivity contribution in [3.05, 3.63) is 0 Å². The number of rotatable bonds is 2. The maximum atomic E-state index is 5.24. The minimum atomic E-state index is 0.807. The van der Waals surface area contributed by atoms with Crippen molar-refractivity contribution < 1.29 is 4.74 Å². The summed E-state index contributed by atoms with van der Waals surface area (Å²) in [5.41, 5.74) is 0. The number of hydrogen-bond acceptors (Lipinski definition) is 1. The fourth-order valence-electron chi connectivity index (χ4n) is 2.40. The molecule has 0 amide bonds. The van der Waals surface area contributed by atoms with Crippen LogP contribution in [0.4, 0.5) is 0 Å². The molecule has 0 saturated heterocycles. The minimum Gasteiger partial charge on any atom is -0.384 e. The Bertz CT molecular complexity index is 144. The molecule has 4 atom stereocenters. The van der Waals surface area contributed by atoms with Crippen molar-refractivity contribution in [3.8, 4) is 0 Å². The fourth-order valence-corrected chi connectivity index (χ4v) is 2.40. The Morgan fingerprint density at radius 3 is 2.00 bits per heavy atom. The number of methoxy groups -OCH3 is 1. The van der Waals surface area contributed by atoms with Crippen molar-refractivity contribution in [3.63, 3.8) is 0 Å². The van der Waals surface area contributed by atoms with Crippen LogP contribution in [0.1, 0.15) is 53.9 Å². The highest BCUT2D eigenvalue weighted by Crippen LogP contribution is 2.38. The molecule has 1 aliphatic carbocycles. The zero-order valence-corrected chi connectivity index (χ0v) is 11.5. The van der Waals surface area contributed by atoms with E-state index >= 15 is 0 Å². The molecule has 4 unspecified atom stereocenters. The molecule has 1 saturated carbocycles. The first-order valence-corrected chi connectivity index (χ1v) is 6.57. The second-order valence-corrected chi connectivity index (χ2v) is 5.20. The van der Waals surface area contributed by atoms with Gasteiger partial charge in [-0.2, -0.15) is 0 Å². The summed E-state index contributed by atoms with van der Waals surface area (Å²) in [6, 6.07) is 0. The lowest BCUT2D eigenvalue weighted by molar-refractivity contribution is 0.0531. The third kappa shape index (κ3) is 5.01. The average molecular weight is 214 g/mol. The summed E-state index contributed by atoms with van der Waals surface area (Å²) in [6.07, 6.45) is 4.00. The van der Waals surface area contributed by atoms with Crippen LogP contribution < -0.4 is 0 Å². The first kappa shape index (κ1) is 15.0. The second-order valence-electron chi connectivity index (χ2n) is 5.20. The molecule has 0 aromatic heterocycles. The van der Waals surface area contributed by atoms with E-state index < -0.39 is 0 Å². The monoisotopic (exact) mass is 214 g/mol. The standard InChI is InChI=1S/C11H22O.C3H8/c1-8-5-6-11(7-12-4)10(3)9(8)2;1-3-2/h8-11H,5-7H2,1-4H3;3H2,1-2H3. The van der Waals surface area contributed by atoms with Crippen molar-refractivity contribution in [1.29, 1.82) is 0 Å². The smallest absolute Gasteiger partial charge is 0.0493 e. The third-order valence-corrected chi connectivity index (χ3v) is 3.84. The summed E-state index contributed by atoms with van der Waals surface area (Å²) in [7, 11) is 1.81. The molecule has 0 aromatic rings. The van der Waals surface area contributed by atoms with E-state index in [-0.39, 0.29) is 0 Å². The molecule has 0 aromatic carbocycles. The van der Waals surface area contributed by atoms with Gasteiger partial charge in [-0.1, -0.05) is 47.5 Å². The third-order valence-electron chi connectivity index (χ3n) is 3.84. The Morgan fingerprint density at radius 1 is 1.00 bits per heavy atom. The van der Waals surface area contributed by atoms with Crippen LogP contribution in [0.25, 0.3) is 0 Å². The number of ether oxygens (including phenoxy) is 1. The molecule has 1 nitrogen and oxygen atoms in total. The topological polar surface area (TPSA) is 9.23 Å². The quantitative estimate of drug-likeness (QED) is 0.663. The molecule has 1 fully saturated rings.